The minimum Gasteiger partial charge on any atom is -0.478 e. The molecule has 1 N–H and O–H groups in total. The van der Waals surface area contributed by atoms with Gasteiger partial charge in [0, 0.05) is 6.42 Å². The molecule has 0 aliphatic rings. The number of hydrogen-bond acceptors (Lipinski definition) is 1. The fraction of sp³-hybridized carbons (Fsp3) is 0.800. The predicted octanol–water partition coefficient (Wildman–Crippen LogP) is 4.73. The summed E-state index contributed by atoms with van der Waals surface area (Å²) in [4.78, 5) is 11.0. The highest BCUT2D eigenvalue weighted by molar-refractivity contribution is 5.64. The Labute approximate surface area is 147 Å². The van der Waals surface area contributed by atoms with E-state index in [0.29, 0.717) is 0 Å². The molecule has 0 amide bonds. The van der Waals surface area contributed by atoms with Crippen LogP contribution in [-0.2, 0) is 24.3 Å². The van der Waals surface area contributed by atoms with Crippen LogP contribution >= 0.6 is 0 Å². The second-order valence-electron chi connectivity index (χ2n) is 6.86. The van der Waals surface area contributed by atoms with E-state index in [1.165, 1.54) is 63.6 Å². The van der Waals surface area contributed by atoms with Gasteiger partial charge in [-0.3, -0.25) is 0 Å². The van der Waals surface area contributed by atoms with Crippen molar-refractivity contribution < 1.29 is 14.5 Å². The molecule has 138 valence electrons. The van der Waals surface area contributed by atoms with E-state index in [4.69, 9.17) is 5.11 Å². The van der Waals surface area contributed by atoms with Crippen LogP contribution in [0.3, 0.4) is 0 Å². The van der Waals surface area contributed by atoms with Crippen molar-refractivity contribution in [2.24, 2.45) is 0 Å². The van der Waals surface area contributed by atoms with Gasteiger partial charge in [0.1, 0.15) is 12.4 Å². The van der Waals surface area contributed by atoms with Crippen molar-refractivity contribution in [2.75, 3.05) is 0 Å². The highest BCUT2D eigenvalue weighted by Gasteiger charge is 2.18. The number of carboxylic acid groups (broad SMARTS) is 1. The van der Waals surface area contributed by atoms with Crippen LogP contribution in [0.2, 0.25) is 0 Å². The summed E-state index contributed by atoms with van der Waals surface area (Å²) in [6.45, 7) is 5.46. The molecule has 4 nitrogen and oxygen atoms in total. The van der Waals surface area contributed by atoms with Gasteiger partial charge in [-0.05, 0) is 12.8 Å². The van der Waals surface area contributed by atoms with Crippen LogP contribution in [0, 0.1) is 0 Å². The summed E-state index contributed by atoms with van der Waals surface area (Å²) >= 11 is 0. The summed E-state index contributed by atoms with van der Waals surface area (Å²) in [6.07, 6.45) is 19.3. The highest BCUT2D eigenvalue weighted by Crippen LogP contribution is 2.12. The maximum absolute atomic E-state index is 11.0. The third-order valence-electron chi connectivity index (χ3n) is 4.61. The Morgan fingerprint density at radius 1 is 0.958 bits per heavy atom. The summed E-state index contributed by atoms with van der Waals surface area (Å²) in [5.41, 5.74) is 0. The predicted molar refractivity (Wildman–Crippen MR) is 98.1 cm³/mol. The van der Waals surface area contributed by atoms with Crippen LogP contribution in [-0.4, -0.2) is 15.6 Å². The van der Waals surface area contributed by atoms with Crippen molar-refractivity contribution in [1.82, 2.24) is 4.57 Å². The zero-order valence-electron chi connectivity index (χ0n) is 15.8. The zero-order chi connectivity index (χ0) is 17.6. The number of aryl methyl sites for hydroxylation is 1. The van der Waals surface area contributed by atoms with E-state index in [-0.39, 0.29) is 6.54 Å². The molecule has 0 unspecified atom stereocenters. The molecule has 1 rings (SSSR count). The fourth-order valence-corrected chi connectivity index (χ4v) is 3.29. The number of aromatic nitrogens is 2. The highest BCUT2D eigenvalue weighted by atomic mass is 16.4. The van der Waals surface area contributed by atoms with Crippen molar-refractivity contribution in [3.8, 4) is 0 Å². The van der Waals surface area contributed by atoms with E-state index >= 15 is 0 Å². The van der Waals surface area contributed by atoms with Gasteiger partial charge in [-0.1, -0.05) is 71.6 Å². The molecule has 1 heterocycles. The van der Waals surface area contributed by atoms with Crippen molar-refractivity contribution in [3.63, 3.8) is 0 Å². The lowest BCUT2D eigenvalue weighted by Crippen LogP contribution is -2.40. The number of rotatable bonds is 15. The quantitative estimate of drug-likeness (QED) is 0.371. The minimum absolute atomic E-state index is 0.0732. The zero-order valence-corrected chi connectivity index (χ0v) is 15.8. The number of aliphatic carboxylic acids is 1. The Morgan fingerprint density at radius 2 is 1.54 bits per heavy atom. The number of unbranched alkanes of at least 4 members (excludes halogenated alkanes) is 9. The molecule has 0 radical (unpaired) electrons. The number of carboxylic acids is 1. The van der Waals surface area contributed by atoms with Crippen LogP contribution in [0.1, 0.15) is 90.3 Å². The molecule has 1 aromatic heterocycles. The molecule has 0 spiro atoms. The molecule has 0 atom stereocenters. The molecular weight excluding hydrogens is 300 g/mol. The van der Waals surface area contributed by atoms with Crippen molar-refractivity contribution in [2.45, 2.75) is 104 Å². The summed E-state index contributed by atoms with van der Waals surface area (Å²) in [7, 11) is 0. The van der Waals surface area contributed by atoms with Crippen LogP contribution in [0.4, 0.5) is 0 Å². The molecule has 0 aliphatic carbocycles. The van der Waals surface area contributed by atoms with E-state index in [0.717, 1.165) is 25.8 Å². The lowest BCUT2D eigenvalue weighted by atomic mass is 10.1. The van der Waals surface area contributed by atoms with Crippen molar-refractivity contribution in [1.29, 1.82) is 0 Å². The molecule has 0 saturated carbocycles. The van der Waals surface area contributed by atoms with Crippen molar-refractivity contribution >= 4 is 5.97 Å². The lowest BCUT2D eigenvalue weighted by Gasteiger charge is -2.04. The second-order valence-corrected chi connectivity index (χ2v) is 6.86. The number of carbonyl (C=O) groups is 1. The van der Waals surface area contributed by atoms with E-state index in [1.807, 2.05) is 17.0 Å². The van der Waals surface area contributed by atoms with Gasteiger partial charge < -0.3 is 5.11 Å². The summed E-state index contributed by atoms with van der Waals surface area (Å²) < 4.78 is 4.11. The van der Waals surface area contributed by atoms with Gasteiger partial charge >= 0.3 is 5.97 Å². The third kappa shape index (κ3) is 8.51. The Hall–Kier alpha value is -1.32. The van der Waals surface area contributed by atoms with Crippen LogP contribution in [0.5, 0.6) is 0 Å². The molecule has 24 heavy (non-hydrogen) atoms. The van der Waals surface area contributed by atoms with E-state index in [2.05, 4.69) is 18.4 Å². The molecule has 4 heteroatoms. The molecule has 0 bridgehead atoms. The first-order valence-corrected chi connectivity index (χ1v) is 9.98. The molecule has 0 aromatic carbocycles. The monoisotopic (exact) mass is 337 g/mol. The summed E-state index contributed by atoms with van der Waals surface area (Å²) in [5, 5.41) is 9.05. The molecule has 1 aromatic rings. The van der Waals surface area contributed by atoms with Crippen LogP contribution < -0.4 is 4.57 Å². The topological polar surface area (TPSA) is 46.1 Å². The average Bonchev–Trinajstić information content (AvgIpc) is 2.91. The Morgan fingerprint density at radius 3 is 2.08 bits per heavy atom. The molecule has 0 saturated heterocycles. The van der Waals surface area contributed by atoms with Gasteiger partial charge in [-0.15, -0.1) is 0 Å². The van der Waals surface area contributed by atoms with E-state index in [1.54, 1.807) is 0 Å². The van der Waals surface area contributed by atoms with Crippen molar-refractivity contribution in [3.05, 3.63) is 18.2 Å². The minimum atomic E-state index is -0.765. The van der Waals surface area contributed by atoms with Gasteiger partial charge in [-0.25, -0.2) is 13.9 Å². The number of hydrogen-bond donors (Lipinski definition) is 1. The standard InChI is InChI=1S/C20H36N2O2/c1-3-5-6-7-8-9-10-11-12-13-14-19-21(15-4-2)16-17-22(19)18-20(23)24/h16-17H,3-15,18H2,1-2H3/p+1. The Kier molecular flexibility index (Phi) is 11.2. The molecule has 0 aliphatic heterocycles. The summed E-state index contributed by atoms with van der Waals surface area (Å²) in [6, 6.07) is 0. The van der Waals surface area contributed by atoms with Gasteiger partial charge in [0.15, 0.2) is 6.54 Å². The number of nitrogens with zero attached hydrogens (tertiary/aromatic N) is 2. The molecule has 0 fully saturated rings. The van der Waals surface area contributed by atoms with E-state index < -0.39 is 5.97 Å². The maximum atomic E-state index is 11.0. The third-order valence-corrected chi connectivity index (χ3v) is 4.61. The lowest BCUT2D eigenvalue weighted by molar-refractivity contribution is -0.692. The van der Waals surface area contributed by atoms with Gasteiger partial charge in [0.05, 0.1) is 6.54 Å². The maximum Gasteiger partial charge on any atom is 0.346 e. The average molecular weight is 338 g/mol. The van der Waals surface area contributed by atoms with Gasteiger partial charge in [0.2, 0.25) is 0 Å². The Bertz CT molecular complexity index is 454. The normalized spacial score (nSPS) is 11.1. The largest absolute Gasteiger partial charge is 0.478 e. The fourth-order valence-electron chi connectivity index (χ4n) is 3.29. The van der Waals surface area contributed by atoms with Crippen LogP contribution in [0.25, 0.3) is 0 Å². The second kappa shape index (κ2) is 13.0. The number of imidazole rings is 1. The van der Waals surface area contributed by atoms with Gasteiger partial charge in [-0.2, -0.15) is 0 Å². The van der Waals surface area contributed by atoms with E-state index in [9.17, 15) is 4.79 Å². The smallest absolute Gasteiger partial charge is 0.346 e. The first-order valence-electron chi connectivity index (χ1n) is 9.98. The Balaban J connectivity index is 2.23. The summed E-state index contributed by atoms with van der Waals surface area (Å²) in [5.74, 6) is 0.400. The first kappa shape index (κ1) is 20.7. The SMILES string of the molecule is CCCCCCCCCCCCc1n(CCC)cc[n+]1CC(=O)O. The van der Waals surface area contributed by atoms with Gasteiger partial charge in [0.25, 0.3) is 5.82 Å². The van der Waals surface area contributed by atoms with Crippen LogP contribution in [0.15, 0.2) is 12.4 Å². The molecular formula is C20H37N2O2+. The first-order chi connectivity index (χ1) is 11.7.